The molecule has 1 unspecified atom stereocenters. The van der Waals surface area contributed by atoms with Crippen LogP contribution in [0.2, 0.25) is 0 Å². The third-order valence-electron chi connectivity index (χ3n) is 3.57. The molecule has 2 rings (SSSR count). The summed E-state index contributed by atoms with van der Waals surface area (Å²) >= 11 is 6.89. The van der Waals surface area contributed by atoms with Gasteiger partial charge in [-0.05, 0) is 31.5 Å². The Balaban J connectivity index is 2.10. The summed E-state index contributed by atoms with van der Waals surface area (Å²) in [6, 6.07) is 5.89. The van der Waals surface area contributed by atoms with E-state index < -0.39 is 0 Å². The van der Waals surface area contributed by atoms with Crippen molar-refractivity contribution in [3.05, 3.63) is 34.1 Å². The Labute approximate surface area is 125 Å². The van der Waals surface area contributed by atoms with Crippen molar-refractivity contribution in [3.8, 4) is 0 Å². The summed E-state index contributed by atoms with van der Waals surface area (Å²) in [5.41, 5.74) is 0.797. The lowest BCUT2D eigenvalue weighted by molar-refractivity contribution is 0.206. The fraction of sp³-hybridized carbons (Fsp3) is 0.571. The van der Waals surface area contributed by atoms with Crippen molar-refractivity contribution in [1.82, 2.24) is 4.90 Å². The van der Waals surface area contributed by atoms with Crippen molar-refractivity contribution in [2.75, 3.05) is 11.9 Å². The first-order valence-corrected chi connectivity index (χ1v) is 8.36. The second-order valence-electron chi connectivity index (χ2n) is 4.86. The van der Waals surface area contributed by atoms with Crippen molar-refractivity contribution in [2.45, 2.75) is 38.3 Å². The zero-order valence-corrected chi connectivity index (χ0v) is 13.5. The second-order valence-corrected chi connectivity index (χ2v) is 6.43. The van der Waals surface area contributed by atoms with Crippen LogP contribution in [0.3, 0.4) is 0 Å². The maximum absolute atomic E-state index is 13.9. The van der Waals surface area contributed by atoms with Crippen molar-refractivity contribution in [1.29, 1.82) is 0 Å². The molecule has 0 spiro atoms. The number of hydrogen-bond donors (Lipinski definition) is 0. The average molecular weight is 379 g/mol. The lowest BCUT2D eigenvalue weighted by atomic mass is 10.1. The Morgan fingerprint density at radius 2 is 2.11 bits per heavy atom. The molecule has 4 heteroatoms. The van der Waals surface area contributed by atoms with E-state index in [1.54, 1.807) is 6.07 Å². The van der Waals surface area contributed by atoms with Crippen LogP contribution in [0.1, 0.15) is 31.2 Å². The molecule has 0 saturated carbocycles. The minimum absolute atomic E-state index is 0.109. The summed E-state index contributed by atoms with van der Waals surface area (Å²) in [5, 5.41) is 0.977. The summed E-state index contributed by atoms with van der Waals surface area (Å²) in [6.07, 6.45) is 5.02. The molecular weight excluding hydrogens is 361 g/mol. The van der Waals surface area contributed by atoms with Gasteiger partial charge in [-0.1, -0.05) is 50.8 Å². The highest BCUT2D eigenvalue weighted by atomic mass is 79.9. The number of nitrogens with zero attached hydrogens (tertiary/aromatic N) is 1. The molecule has 0 N–H and O–H groups in total. The van der Waals surface area contributed by atoms with Crippen molar-refractivity contribution in [3.63, 3.8) is 0 Å². The minimum atomic E-state index is -0.109. The highest BCUT2D eigenvalue weighted by Gasteiger charge is 2.20. The molecule has 1 aliphatic heterocycles. The van der Waals surface area contributed by atoms with Crippen LogP contribution in [0.25, 0.3) is 0 Å². The number of benzene rings is 1. The molecule has 18 heavy (non-hydrogen) atoms. The van der Waals surface area contributed by atoms with Crippen LogP contribution in [0.15, 0.2) is 22.7 Å². The molecule has 1 atom stereocenters. The fourth-order valence-corrected chi connectivity index (χ4v) is 3.55. The monoisotopic (exact) mass is 377 g/mol. The number of hydrogen-bond acceptors (Lipinski definition) is 1. The van der Waals surface area contributed by atoms with Gasteiger partial charge in [0.1, 0.15) is 5.82 Å². The van der Waals surface area contributed by atoms with Crippen LogP contribution in [0.4, 0.5) is 4.39 Å². The van der Waals surface area contributed by atoms with Gasteiger partial charge >= 0.3 is 0 Å². The minimum Gasteiger partial charge on any atom is -0.295 e. The molecule has 0 radical (unpaired) electrons. The topological polar surface area (TPSA) is 3.24 Å². The van der Waals surface area contributed by atoms with Crippen LogP contribution in [0.5, 0.6) is 0 Å². The lowest BCUT2D eigenvalue weighted by Crippen LogP contribution is -2.35. The SMILES string of the molecule is Fc1cc(Br)ccc1CN1CCCCCC1CBr. The molecule has 1 saturated heterocycles. The molecule has 1 aromatic rings. The number of halogens is 3. The first kappa shape index (κ1) is 14.5. The van der Waals surface area contributed by atoms with Gasteiger partial charge < -0.3 is 0 Å². The average Bonchev–Trinajstić information content (AvgIpc) is 2.57. The van der Waals surface area contributed by atoms with Gasteiger partial charge in [-0.3, -0.25) is 4.90 Å². The van der Waals surface area contributed by atoms with Gasteiger partial charge in [-0.25, -0.2) is 4.39 Å². The maximum atomic E-state index is 13.9. The van der Waals surface area contributed by atoms with E-state index in [2.05, 4.69) is 36.8 Å². The Morgan fingerprint density at radius 1 is 1.28 bits per heavy atom. The normalized spacial score (nSPS) is 21.8. The number of likely N-dealkylation sites (tertiary alicyclic amines) is 1. The Hall–Kier alpha value is 0.0700. The molecule has 100 valence electrons. The summed E-state index contributed by atoms with van der Waals surface area (Å²) in [5.74, 6) is -0.109. The molecule has 0 aromatic heterocycles. The van der Waals surface area contributed by atoms with E-state index in [-0.39, 0.29) is 5.82 Å². The largest absolute Gasteiger partial charge is 0.295 e. The Morgan fingerprint density at radius 3 is 2.83 bits per heavy atom. The molecule has 1 aromatic carbocycles. The predicted molar refractivity (Wildman–Crippen MR) is 80.6 cm³/mol. The van der Waals surface area contributed by atoms with Gasteiger partial charge in [0.25, 0.3) is 0 Å². The van der Waals surface area contributed by atoms with Gasteiger partial charge in [0.15, 0.2) is 0 Å². The molecule has 0 aliphatic carbocycles. The zero-order valence-electron chi connectivity index (χ0n) is 10.3. The predicted octanol–water partition coefficient (Wildman–Crippen LogP) is 4.73. The second kappa shape index (κ2) is 7.01. The van der Waals surface area contributed by atoms with Crippen LogP contribution in [-0.4, -0.2) is 22.8 Å². The number of rotatable bonds is 3. The summed E-state index contributed by atoms with van der Waals surface area (Å²) in [4.78, 5) is 2.41. The first-order chi connectivity index (χ1) is 8.70. The number of alkyl halides is 1. The third kappa shape index (κ3) is 3.78. The highest BCUT2D eigenvalue weighted by Crippen LogP contribution is 2.23. The molecule has 1 nitrogen and oxygen atoms in total. The molecule has 1 aliphatic rings. The fourth-order valence-electron chi connectivity index (χ4n) is 2.49. The van der Waals surface area contributed by atoms with Gasteiger partial charge in [0.05, 0.1) is 0 Å². The standard InChI is InChI=1S/C14H18Br2FN/c15-9-13-4-2-1-3-7-18(13)10-11-5-6-12(16)8-14(11)17/h5-6,8,13H,1-4,7,9-10H2. The van der Waals surface area contributed by atoms with Crippen LogP contribution < -0.4 is 0 Å². The van der Waals surface area contributed by atoms with Crippen LogP contribution in [0, 0.1) is 5.82 Å². The summed E-state index contributed by atoms with van der Waals surface area (Å²) < 4.78 is 14.7. The lowest BCUT2D eigenvalue weighted by Gasteiger charge is -2.28. The first-order valence-electron chi connectivity index (χ1n) is 6.44. The van der Waals surface area contributed by atoms with Crippen molar-refractivity contribution in [2.24, 2.45) is 0 Å². The summed E-state index contributed by atoms with van der Waals surface area (Å²) in [7, 11) is 0. The Bertz CT molecular complexity index is 397. The van der Waals surface area contributed by atoms with Gasteiger partial charge in [-0.2, -0.15) is 0 Å². The van der Waals surface area contributed by atoms with Gasteiger partial charge in [0.2, 0.25) is 0 Å². The van der Waals surface area contributed by atoms with E-state index in [4.69, 9.17) is 0 Å². The molecule has 0 bridgehead atoms. The van der Waals surface area contributed by atoms with E-state index in [9.17, 15) is 4.39 Å². The highest BCUT2D eigenvalue weighted by molar-refractivity contribution is 9.10. The molecular formula is C14H18Br2FN. The quantitative estimate of drug-likeness (QED) is 0.687. The molecule has 1 heterocycles. The zero-order chi connectivity index (χ0) is 13.0. The Kier molecular flexibility index (Phi) is 5.64. The third-order valence-corrected chi connectivity index (χ3v) is 4.81. The smallest absolute Gasteiger partial charge is 0.128 e. The van der Waals surface area contributed by atoms with Crippen molar-refractivity contribution >= 4 is 31.9 Å². The van der Waals surface area contributed by atoms with Gasteiger partial charge in [0, 0.05) is 28.0 Å². The van der Waals surface area contributed by atoms with E-state index in [0.29, 0.717) is 6.04 Å². The van der Waals surface area contributed by atoms with E-state index in [1.165, 1.54) is 25.7 Å². The molecule has 1 fully saturated rings. The van der Waals surface area contributed by atoms with E-state index in [1.807, 2.05) is 12.1 Å². The van der Waals surface area contributed by atoms with Crippen molar-refractivity contribution < 1.29 is 4.39 Å². The van der Waals surface area contributed by atoms with Crippen LogP contribution in [-0.2, 0) is 6.54 Å². The van der Waals surface area contributed by atoms with Gasteiger partial charge in [-0.15, -0.1) is 0 Å². The summed E-state index contributed by atoms with van der Waals surface area (Å²) in [6.45, 7) is 1.79. The maximum Gasteiger partial charge on any atom is 0.128 e. The van der Waals surface area contributed by atoms with E-state index >= 15 is 0 Å². The van der Waals surface area contributed by atoms with E-state index in [0.717, 1.165) is 28.5 Å². The molecule has 0 amide bonds. The van der Waals surface area contributed by atoms with Crippen LogP contribution >= 0.6 is 31.9 Å².